The van der Waals surface area contributed by atoms with E-state index in [1.54, 1.807) is 6.26 Å². The first-order valence-corrected chi connectivity index (χ1v) is 7.26. The maximum atomic E-state index is 11.9. The molecule has 3 nitrogen and oxygen atoms in total. The van der Waals surface area contributed by atoms with E-state index < -0.39 is 0 Å². The zero-order valence-electron chi connectivity index (χ0n) is 11.3. The molecule has 3 rings (SSSR count). The van der Waals surface area contributed by atoms with Crippen molar-refractivity contribution in [1.82, 2.24) is 0 Å². The summed E-state index contributed by atoms with van der Waals surface area (Å²) in [4.78, 5) is 12.6. The first kappa shape index (κ1) is 12.9. The molecule has 0 aliphatic carbocycles. The van der Waals surface area contributed by atoms with E-state index in [1.807, 2.05) is 38.1 Å². The van der Waals surface area contributed by atoms with E-state index in [0.29, 0.717) is 11.5 Å². The summed E-state index contributed by atoms with van der Waals surface area (Å²) < 4.78 is 11.6. The Morgan fingerprint density at radius 2 is 2.20 bits per heavy atom. The van der Waals surface area contributed by atoms with Gasteiger partial charge >= 0.3 is 5.97 Å². The van der Waals surface area contributed by atoms with Crippen molar-refractivity contribution in [3.8, 4) is 11.3 Å². The van der Waals surface area contributed by atoms with Crippen LogP contribution in [0.1, 0.15) is 22.2 Å². The highest BCUT2D eigenvalue weighted by molar-refractivity contribution is 7.21. The van der Waals surface area contributed by atoms with Gasteiger partial charge in [0.25, 0.3) is 0 Å². The van der Waals surface area contributed by atoms with Crippen molar-refractivity contribution in [3.05, 3.63) is 47.0 Å². The molecule has 0 atom stereocenters. The van der Waals surface area contributed by atoms with Gasteiger partial charge in [-0.25, -0.2) is 4.79 Å². The number of rotatable bonds is 3. The fourth-order valence-corrected chi connectivity index (χ4v) is 3.29. The Labute approximate surface area is 120 Å². The molecule has 0 saturated carbocycles. The Morgan fingerprint density at radius 1 is 1.35 bits per heavy atom. The molecule has 0 spiro atoms. The summed E-state index contributed by atoms with van der Waals surface area (Å²) in [7, 11) is 0. The fraction of sp³-hybridized carbons (Fsp3) is 0.188. The van der Waals surface area contributed by atoms with Gasteiger partial charge in [-0.15, -0.1) is 11.3 Å². The van der Waals surface area contributed by atoms with Crippen LogP contribution < -0.4 is 0 Å². The van der Waals surface area contributed by atoms with Crippen LogP contribution in [0.3, 0.4) is 0 Å². The smallest absolute Gasteiger partial charge is 0.348 e. The Kier molecular flexibility index (Phi) is 3.32. The predicted octanol–water partition coefficient (Wildman–Crippen LogP) is 4.65. The second-order valence-corrected chi connectivity index (χ2v) is 5.52. The number of carbonyl (C=O) groups is 1. The van der Waals surface area contributed by atoms with E-state index in [2.05, 4.69) is 6.07 Å². The Morgan fingerprint density at radius 3 is 2.90 bits per heavy atom. The molecular formula is C16H14O3S. The third kappa shape index (κ3) is 2.12. The Hall–Kier alpha value is -2.07. The van der Waals surface area contributed by atoms with Crippen molar-refractivity contribution >= 4 is 27.4 Å². The third-order valence-electron chi connectivity index (χ3n) is 3.20. The van der Waals surface area contributed by atoms with Crippen LogP contribution in [0.15, 0.2) is 41.0 Å². The average Bonchev–Trinajstić information content (AvgIpc) is 3.07. The van der Waals surface area contributed by atoms with Gasteiger partial charge in [-0.2, -0.15) is 0 Å². The normalized spacial score (nSPS) is 10.9. The first-order chi connectivity index (χ1) is 9.70. The maximum Gasteiger partial charge on any atom is 0.348 e. The van der Waals surface area contributed by atoms with Gasteiger partial charge in [0.05, 0.1) is 12.9 Å². The van der Waals surface area contributed by atoms with Crippen LogP contribution in [0.2, 0.25) is 0 Å². The number of furan rings is 1. The molecule has 0 radical (unpaired) electrons. The van der Waals surface area contributed by atoms with Gasteiger partial charge < -0.3 is 9.15 Å². The maximum absolute atomic E-state index is 11.9. The Balaban J connectivity index is 2.11. The first-order valence-electron chi connectivity index (χ1n) is 6.45. The van der Waals surface area contributed by atoms with E-state index >= 15 is 0 Å². The number of esters is 1. The van der Waals surface area contributed by atoms with Gasteiger partial charge in [0.1, 0.15) is 10.6 Å². The molecule has 0 aliphatic heterocycles. The summed E-state index contributed by atoms with van der Waals surface area (Å²) >= 11 is 1.47. The van der Waals surface area contributed by atoms with Crippen LogP contribution in [-0.4, -0.2) is 12.6 Å². The molecule has 0 bridgehead atoms. The number of thiophene rings is 1. The van der Waals surface area contributed by atoms with Crippen molar-refractivity contribution in [1.29, 1.82) is 0 Å². The second kappa shape index (κ2) is 5.13. The van der Waals surface area contributed by atoms with Crippen molar-refractivity contribution in [3.63, 3.8) is 0 Å². The summed E-state index contributed by atoms with van der Waals surface area (Å²) in [6.45, 7) is 4.16. The molecule has 0 amide bonds. The highest BCUT2D eigenvalue weighted by Gasteiger charge is 2.17. The molecule has 2 heterocycles. The number of hydrogen-bond donors (Lipinski definition) is 0. The van der Waals surface area contributed by atoms with Gasteiger partial charge in [-0.05, 0) is 55.1 Å². The molecule has 102 valence electrons. The monoisotopic (exact) mass is 286 g/mol. The largest absolute Gasteiger partial charge is 0.464 e. The topological polar surface area (TPSA) is 39.4 Å². The van der Waals surface area contributed by atoms with E-state index in [9.17, 15) is 4.79 Å². The van der Waals surface area contributed by atoms with Crippen molar-refractivity contribution in [2.24, 2.45) is 0 Å². The molecule has 4 heteroatoms. The molecule has 0 fully saturated rings. The number of benzene rings is 1. The summed E-state index contributed by atoms with van der Waals surface area (Å²) in [5.74, 6) is 0.584. The summed E-state index contributed by atoms with van der Waals surface area (Å²) in [6.07, 6.45) is 1.66. The molecule has 0 N–H and O–H groups in total. The molecule has 0 aliphatic rings. The van der Waals surface area contributed by atoms with Gasteiger partial charge in [-0.1, -0.05) is 0 Å². The standard InChI is InChI=1S/C16H14O3S/c1-3-18-16(17)15-10(2)12-9-11(6-7-14(12)20-15)13-5-4-8-19-13/h4-9H,3H2,1-2H3. The lowest BCUT2D eigenvalue weighted by molar-refractivity contribution is 0.0531. The number of hydrogen-bond acceptors (Lipinski definition) is 4. The molecule has 20 heavy (non-hydrogen) atoms. The summed E-state index contributed by atoms with van der Waals surface area (Å²) in [6, 6.07) is 9.88. The van der Waals surface area contributed by atoms with Crippen LogP contribution in [-0.2, 0) is 4.74 Å². The van der Waals surface area contributed by atoms with E-state index in [-0.39, 0.29) is 5.97 Å². The Bertz CT molecular complexity index is 753. The predicted molar refractivity (Wildman–Crippen MR) is 80.2 cm³/mol. The lowest BCUT2D eigenvalue weighted by Gasteiger charge is -2.00. The van der Waals surface area contributed by atoms with E-state index in [0.717, 1.165) is 27.0 Å². The molecular weight excluding hydrogens is 272 g/mol. The minimum absolute atomic E-state index is 0.245. The zero-order chi connectivity index (χ0) is 14.1. The molecule has 0 unspecified atom stereocenters. The van der Waals surface area contributed by atoms with Gasteiger partial charge in [-0.3, -0.25) is 0 Å². The lowest BCUT2D eigenvalue weighted by atomic mass is 10.1. The van der Waals surface area contributed by atoms with Crippen LogP contribution in [0.5, 0.6) is 0 Å². The van der Waals surface area contributed by atoms with Crippen molar-refractivity contribution < 1.29 is 13.9 Å². The molecule has 3 aromatic rings. The van der Waals surface area contributed by atoms with Gasteiger partial charge in [0.15, 0.2) is 0 Å². The molecule has 0 saturated heterocycles. The second-order valence-electron chi connectivity index (χ2n) is 4.46. The van der Waals surface area contributed by atoms with E-state index in [4.69, 9.17) is 9.15 Å². The molecule has 1 aromatic carbocycles. The quantitative estimate of drug-likeness (QED) is 0.658. The number of ether oxygens (including phenoxy) is 1. The van der Waals surface area contributed by atoms with Crippen molar-refractivity contribution in [2.75, 3.05) is 6.61 Å². The summed E-state index contributed by atoms with van der Waals surface area (Å²) in [5.41, 5.74) is 1.98. The number of aryl methyl sites for hydroxylation is 1. The highest BCUT2D eigenvalue weighted by atomic mass is 32.1. The van der Waals surface area contributed by atoms with Crippen LogP contribution in [0.25, 0.3) is 21.4 Å². The SMILES string of the molecule is CCOC(=O)c1sc2ccc(-c3ccco3)cc2c1C. The van der Waals surface area contributed by atoms with Gasteiger partial charge in [0.2, 0.25) is 0 Å². The zero-order valence-corrected chi connectivity index (χ0v) is 12.1. The minimum atomic E-state index is -0.245. The molecule has 2 aromatic heterocycles. The van der Waals surface area contributed by atoms with E-state index in [1.165, 1.54) is 11.3 Å². The number of carbonyl (C=O) groups excluding carboxylic acids is 1. The lowest BCUT2D eigenvalue weighted by Crippen LogP contribution is -2.03. The third-order valence-corrected chi connectivity index (χ3v) is 4.46. The number of fused-ring (bicyclic) bond motifs is 1. The van der Waals surface area contributed by atoms with Crippen LogP contribution in [0, 0.1) is 6.92 Å². The van der Waals surface area contributed by atoms with Crippen LogP contribution in [0.4, 0.5) is 0 Å². The minimum Gasteiger partial charge on any atom is -0.464 e. The van der Waals surface area contributed by atoms with Gasteiger partial charge in [0, 0.05) is 10.3 Å². The highest BCUT2D eigenvalue weighted by Crippen LogP contribution is 2.34. The fourth-order valence-electron chi connectivity index (χ4n) is 2.21. The average molecular weight is 286 g/mol. The summed E-state index contributed by atoms with van der Waals surface area (Å²) in [5, 5.41) is 1.08. The van der Waals surface area contributed by atoms with Crippen molar-refractivity contribution in [2.45, 2.75) is 13.8 Å². The van der Waals surface area contributed by atoms with Crippen LogP contribution >= 0.6 is 11.3 Å².